The summed E-state index contributed by atoms with van der Waals surface area (Å²) in [5.74, 6) is -0.265. The first kappa shape index (κ1) is 29.5. The van der Waals surface area contributed by atoms with Crippen LogP contribution in [0.3, 0.4) is 0 Å². The van der Waals surface area contributed by atoms with Gasteiger partial charge in [-0.1, -0.05) is 37.0 Å². The van der Waals surface area contributed by atoms with Crippen LogP contribution in [-0.2, 0) is 11.0 Å². The molecule has 12 heteroatoms. The van der Waals surface area contributed by atoms with Crippen LogP contribution >= 0.6 is 23.1 Å². The highest BCUT2D eigenvalue weighted by molar-refractivity contribution is 8.01. The number of amides is 2. The highest BCUT2D eigenvalue weighted by Crippen LogP contribution is 2.35. The Bertz CT molecular complexity index is 1080. The third kappa shape index (κ3) is 8.76. The Balaban J connectivity index is 1.34. The van der Waals surface area contributed by atoms with E-state index in [1.54, 1.807) is 6.20 Å². The Morgan fingerprint density at radius 3 is 2.28 bits per heavy atom. The van der Waals surface area contributed by atoms with E-state index in [2.05, 4.69) is 10.3 Å². The van der Waals surface area contributed by atoms with E-state index in [9.17, 15) is 22.8 Å². The van der Waals surface area contributed by atoms with Crippen LogP contribution in [0.5, 0.6) is 5.75 Å². The highest BCUT2D eigenvalue weighted by Gasteiger charge is 2.35. The monoisotopic (exact) mass is 585 g/mol. The molecule has 1 heterocycles. The summed E-state index contributed by atoms with van der Waals surface area (Å²) in [7, 11) is 0. The van der Waals surface area contributed by atoms with Gasteiger partial charge in [0.25, 0.3) is 0 Å². The van der Waals surface area contributed by atoms with Crippen molar-refractivity contribution in [1.82, 2.24) is 9.88 Å². The first-order valence-electron chi connectivity index (χ1n) is 13.4. The molecule has 2 amide bonds. The molecule has 0 radical (unpaired) electrons. The number of carbonyl (C=O) groups is 2. The number of benzene rings is 1. The molecule has 0 unspecified atom stereocenters. The van der Waals surface area contributed by atoms with Crippen LogP contribution in [0.25, 0.3) is 0 Å². The molecular formula is C27H34F3N3O4S2. The fraction of sp³-hybridized carbons (Fsp3) is 0.593. The van der Waals surface area contributed by atoms with Gasteiger partial charge in [0.2, 0.25) is 0 Å². The molecule has 1 aromatic carbocycles. The van der Waals surface area contributed by atoms with Gasteiger partial charge in [0.15, 0.2) is 5.13 Å². The minimum atomic E-state index is -4.37. The van der Waals surface area contributed by atoms with Crippen LogP contribution in [-0.4, -0.2) is 51.4 Å². The fourth-order valence-electron chi connectivity index (χ4n) is 5.38. The Morgan fingerprint density at radius 1 is 1.03 bits per heavy atom. The number of aromatic nitrogens is 1. The van der Waals surface area contributed by atoms with E-state index in [4.69, 9.17) is 9.84 Å². The van der Waals surface area contributed by atoms with Gasteiger partial charge in [-0.25, -0.2) is 9.78 Å². The summed E-state index contributed by atoms with van der Waals surface area (Å²) in [6.07, 6.45) is 7.13. The number of halogens is 3. The van der Waals surface area contributed by atoms with E-state index in [0.29, 0.717) is 17.5 Å². The zero-order chi connectivity index (χ0) is 27.8. The lowest BCUT2D eigenvalue weighted by Crippen LogP contribution is -2.50. The molecule has 2 aliphatic rings. The van der Waals surface area contributed by atoms with Crippen molar-refractivity contribution in [2.45, 2.75) is 86.7 Å². The number of hydrogen-bond acceptors (Lipinski definition) is 6. The van der Waals surface area contributed by atoms with Crippen molar-refractivity contribution in [2.75, 3.05) is 17.7 Å². The second kappa shape index (κ2) is 13.7. The van der Waals surface area contributed by atoms with Crippen LogP contribution in [0.1, 0.15) is 69.8 Å². The molecule has 0 spiro atoms. The molecule has 0 aliphatic heterocycles. The normalized spacial score (nSPS) is 20.7. The zero-order valence-electron chi connectivity index (χ0n) is 21.6. The van der Waals surface area contributed by atoms with Gasteiger partial charge in [0.05, 0.1) is 28.3 Å². The lowest BCUT2D eigenvalue weighted by molar-refractivity contribution is -0.137. The summed E-state index contributed by atoms with van der Waals surface area (Å²) in [6.45, 7) is 0.434. The molecule has 0 bridgehead atoms. The number of carboxylic acids is 1. The topological polar surface area (TPSA) is 91.8 Å². The van der Waals surface area contributed by atoms with Gasteiger partial charge < -0.3 is 14.7 Å². The molecule has 2 aliphatic carbocycles. The smallest absolute Gasteiger partial charge is 0.416 e. The number of urea groups is 1. The summed E-state index contributed by atoms with van der Waals surface area (Å²) < 4.78 is 44.9. The molecule has 7 nitrogen and oxygen atoms in total. The molecule has 2 fully saturated rings. The number of thioether (sulfide) groups is 1. The highest BCUT2D eigenvalue weighted by atomic mass is 32.2. The average Bonchev–Trinajstić information content (AvgIpc) is 3.18. The number of thiazole rings is 1. The van der Waals surface area contributed by atoms with Crippen molar-refractivity contribution in [3.63, 3.8) is 0 Å². The molecule has 214 valence electrons. The summed E-state index contributed by atoms with van der Waals surface area (Å²) in [6, 6.07) is 4.88. The van der Waals surface area contributed by atoms with Gasteiger partial charge in [-0.05, 0) is 68.7 Å². The molecule has 39 heavy (non-hydrogen) atoms. The van der Waals surface area contributed by atoms with Gasteiger partial charge >= 0.3 is 18.2 Å². The minimum absolute atomic E-state index is 0.0599. The summed E-state index contributed by atoms with van der Waals surface area (Å²) in [5, 5.41) is 12.3. The number of alkyl halides is 3. The van der Waals surface area contributed by atoms with Crippen LogP contribution in [0.2, 0.25) is 0 Å². The van der Waals surface area contributed by atoms with Gasteiger partial charge in [0.1, 0.15) is 5.75 Å². The molecule has 0 saturated heterocycles. The Morgan fingerprint density at radius 2 is 1.67 bits per heavy atom. The second-order valence-corrected chi connectivity index (χ2v) is 12.5. The van der Waals surface area contributed by atoms with E-state index in [0.717, 1.165) is 67.7 Å². The van der Waals surface area contributed by atoms with Gasteiger partial charge in [-0.2, -0.15) is 13.2 Å². The quantitative estimate of drug-likeness (QED) is 0.233. The number of carbonyl (C=O) groups excluding carboxylic acids is 1. The van der Waals surface area contributed by atoms with Crippen LogP contribution < -0.4 is 10.1 Å². The second-order valence-electron chi connectivity index (χ2n) is 10.2. The van der Waals surface area contributed by atoms with Crippen LogP contribution in [0.4, 0.5) is 23.1 Å². The number of rotatable bonds is 9. The molecule has 2 saturated carbocycles. The van der Waals surface area contributed by atoms with E-state index in [1.807, 2.05) is 4.90 Å². The number of ether oxygens (including phenoxy) is 1. The predicted octanol–water partition coefficient (Wildman–Crippen LogP) is 7.53. The minimum Gasteiger partial charge on any atom is -0.493 e. The number of nitrogens with one attached hydrogen (secondary N) is 1. The maximum Gasteiger partial charge on any atom is 0.416 e. The largest absolute Gasteiger partial charge is 0.493 e. The molecule has 4 rings (SSSR count). The number of aliphatic carboxylic acids is 1. The van der Waals surface area contributed by atoms with Crippen molar-refractivity contribution in [1.29, 1.82) is 0 Å². The fourth-order valence-corrected chi connectivity index (χ4v) is 6.96. The molecule has 0 atom stereocenters. The predicted molar refractivity (Wildman–Crippen MR) is 146 cm³/mol. The van der Waals surface area contributed by atoms with Crippen molar-refractivity contribution in [3.8, 4) is 5.75 Å². The lowest BCUT2D eigenvalue weighted by Gasteiger charge is -2.41. The van der Waals surface area contributed by atoms with Crippen LogP contribution in [0.15, 0.2) is 34.7 Å². The number of nitrogens with zero attached hydrogens (tertiary/aromatic N) is 2. The van der Waals surface area contributed by atoms with E-state index in [-0.39, 0.29) is 29.8 Å². The number of hydrogen-bond donors (Lipinski definition) is 2. The Labute approximate surface area is 234 Å². The number of anilines is 1. The maximum absolute atomic E-state index is 13.6. The first-order chi connectivity index (χ1) is 18.7. The Hall–Kier alpha value is -2.47. The Kier molecular flexibility index (Phi) is 10.4. The number of carboxylic acid groups (broad SMARTS) is 1. The summed E-state index contributed by atoms with van der Waals surface area (Å²) in [5.41, 5.74) is -0.694. The summed E-state index contributed by atoms with van der Waals surface area (Å²) >= 11 is 2.45. The van der Waals surface area contributed by atoms with Crippen molar-refractivity contribution in [3.05, 3.63) is 36.0 Å². The van der Waals surface area contributed by atoms with Crippen LogP contribution in [0, 0.1) is 5.92 Å². The van der Waals surface area contributed by atoms with E-state index < -0.39 is 17.7 Å². The molecule has 1 aromatic heterocycles. The third-order valence-electron chi connectivity index (χ3n) is 7.37. The van der Waals surface area contributed by atoms with E-state index in [1.165, 1.54) is 48.1 Å². The van der Waals surface area contributed by atoms with Crippen molar-refractivity contribution in [2.24, 2.45) is 5.92 Å². The average molecular weight is 586 g/mol. The van der Waals surface area contributed by atoms with Gasteiger partial charge in [-0.3, -0.25) is 10.1 Å². The van der Waals surface area contributed by atoms with Crippen molar-refractivity contribution < 1.29 is 32.6 Å². The first-order valence-corrected chi connectivity index (χ1v) is 15.2. The van der Waals surface area contributed by atoms with Gasteiger partial charge in [-0.15, -0.1) is 11.8 Å². The molecular weight excluding hydrogens is 551 g/mol. The zero-order valence-corrected chi connectivity index (χ0v) is 23.3. The lowest BCUT2D eigenvalue weighted by atomic mass is 9.85. The van der Waals surface area contributed by atoms with Gasteiger partial charge in [0, 0.05) is 12.1 Å². The standard InChI is InChI=1S/C27H34F3N3O4S2/c28-27(29,30)19-9-13-22(14-10-19)37-16-18-7-11-21(12-8-18)33(20-5-3-1-2-4-6-20)26(36)32-25-31-15-24(39-25)38-17-23(34)35/h9-10,13-15,18,20-21H,1-8,11-12,16-17H2,(H,34,35)(H,31,32,36)/t18-,21-. The summed E-state index contributed by atoms with van der Waals surface area (Å²) in [4.78, 5) is 30.7. The van der Waals surface area contributed by atoms with Crippen molar-refractivity contribution >= 4 is 40.2 Å². The van der Waals surface area contributed by atoms with E-state index >= 15 is 0 Å². The molecule has 2 N–H and O–H groups in total. The third-order valence-corrected chi connectivity index (χ3v) is 9.46. The maximum atomic E-state index is 13.6. The molecule has 2 aromatic rings. The SMILES string of the molecule is O=C(O)CSc1cnc(NC(=O)N(C2CCCCCC2)[C@H]2CC[C@H](COc3ccc(C(F)(F)F)cc3)CC2)s1.